The highest BCUT2D eigenvalue weighted by Gasteiger charge is 2.09. The molecule has 2 heteroatoms. The number of halogens is 2. The van der Waals surface area contributed by atoms with Gasteiger partial charge in [0, 0.05) is 8.04 Å². The third-order valence-corrected chi connectivity index (χ3v) is 4.54. The van der Waals surface area contributed by atoms with E-state index in [1.54, 1.807) is 0 Å². The van der Waals surface area contributed by atoms with Gasteiger partial charge in [0.25, 0.3) is 0 Å². The molecule has 4 aromatic rings. The van der Waals surface area contributed by atoms with E-state index in [2.05, 4.69) is 87.1 Å². The van der Waals surface area contributed by atoms with Gasteiger partial charge in [0.15, 0.2) is 0 Å². The van der Waals surface area contributed by atoms with Crippen LogP contribution in [0.25, 0.3) is 32.3 Å². The van der Waals surface area contributed by atoms with Crippen molar-refractivity contribution >= 4 is 70.8 Å². The maximum atomic E-state index is 3.59. The summed E-state index contributed by atoms with van der Waals surface area (Å²) in [7, 11) is 0. The predicted octanol–water partition coefficient (Wildman–Crippen LogP) is 5.95. The largest absolute Gasteiger partial charge is 0.0537 e. The van der Waals surface area contributed by atoms with E-state index in [-0.39, 0.29) is 0 Å². The molecule has 0 saturated heterocycles. The first kappa shape index (κ1) is 11.0. The summed E-state index contributed by atoms with van der Waals surface area (Å²) in [5.74, 6) is 0. The molecule has 4 aromatic carbocycles. The SMILES string of the molecule is Brc1cc2ccc3cc(I)cc4ccc(c1)c2c34. The number of benzene rings is 4. The summed E-state index contributed by atoms with van der Waals surface area (Å²) in [6.45, 7) is 0. The quantitative estimate of drug-likeness (QED) is 0.250. The number of hydrogen-bond acceptors (Lipinski definition) is 0. The van der Waals surface area contributed by atoms with Crippen LogP contribution in [0.2, 0.25) is 0 Å². The van der Waals surface area contributed by atoms with Gasteiger partial charge in [0.2, 0.25) is 0 Å². The summed E-state index contributed by atoms with van der Waals surface area (Å²) in [6.07, 6.45) is 0. The van der Waals surface area contributed by atoms with Crippen LogP contribution >= 0.6 is 38.5 Å². The molecule has 0 aliphatic heterocycles. The average molecular weight is 407 g/mol. The maximum Gasteiger partial charge on any atom is 0.0187 e. The van der Waals surface area contributed by atoms with E-state index in [1.807, 2.05) is 0 Å². The molecular formula is C16H8BrI. The highest BCUT2D eigenvalue weighted by atomic mass is 127. The van der Waals surface area contributed by atoms with Crippen molar-refractivity contribution in [2.24, 2.45) is 0 Å². The molecule has 0 aliphatic carbocycles. The van der Waals surface area contributed by atoms with Gasteiger partial charge in [-0.1, -0.05) is 40.2 Å². The second-order valence-corrected chi connectivity index (χ2v) is 6.75. The van der Waals surface area contributed by atoms with E-state index < -0.39 is 0 Å². The van der Waals surface area contributed by atoms with Crippen LogP contribution in [-0.2, 0) is 0 Å². The van der Waals surface area contributed by atoms with Gasteiger partial charge in [0.1, 0.15) is 0 Å². The minimum absolute atomic E-state index is 1.14. The Morgan fingerprint density at radius 1 is 0.667 bits per heavy atom. The van der Waals surface area contributed by atoms with E-state index in [9.17, 15) is 0 Å². The molecule has 86 valence electrons. The molecular weight excluding hydrogens is 399 g/mol. The molecule has 0 aliphatic rings. The molecule has 0 saturated carbocycles. The van der Waals surface area contributed by atoms with Gasteiger partial charge in [-0.2, -0.15) is 0 Å². The molecule has 0 radical (unpaired) electrons. The van der Waals surface area contributed by atoms with Crippen LogP contribution in [0.1, 0.15) is 0 Å². The van der Waals surface area contributed by atoms with Gasteiger partial charge in [-0.05, 0) is 79.2 Å². The molecule has 0 unspecified atom stereocenters. The lowest BCUT2D eigenvalue weighted by Crippen LogP contribution is -1.85. The second kappa shape index (κ2) is 3.81. The molecule has 0 atom stereocenters. The summed E-state index contributed by atoms with van der Waals surface area (Å²) >= 11 is 5.97. The molecule has 0 N–H and O–H groups in total. The Hall–Kier alpha value is -0.870. The Kier molecular flexibility index (Phi) is 2.33. The molecule has 0 nitrogen and oxygen atoms in total. The summed E-state index contributed by atoms with van der Waals surface area (Å²) in [6, 6.07) is 17.8. The van der Waals surface area contributed by atoms with Gasteiger partial charge in [0.05, 0.1) is 0 Å². The molecule has 18 heavy (non-hydrogen) atoms. The molecule has 0 aromatic heterocycles. The first-order valence-electron chi connectivity index (χ1n) is 5.76. The number of rotatable bonds is 0. The Bertz CT molecular complexity index is 754. The monoisotopic (exact) mass is 406 g/mol. The van der Waals surface area contributed by atoms with Gasteiger partial charge >= 0.3 is 0 Å². The summed E-state index contributed by atoms with van der Waals surface area (Å²) in [5.41, 5.74) is 0. The molecule has 0 bridgehead atoms. The zero-order valence-corrected chi connectivity index (χ0v) is 13.1. The van der Waals surface area contributed by atoms with Crippen LogP contribution in [0.5, 0.6) is 0 Å². The summed E-state index contributed by atoms with van der Waals surface area (Å²) in [4.78, 5) is 0. The fourth-order valence-corrected chi connectivity index (χ4v) is 3.93. The van der Waals surface area contributed by atoms with Crippen molar-refractivity contribution in [2.75, 3.05) is 0 Å². The first-order chi connectivity index (χ1) is 8.72. The van der Waals surface area contributed by atoms with Crippen LogP contribution in [0.15, 0.2) is 53.0 Å². The zero-order valence-electron chi connectivity index (χ0n) is 9.37. The minimum atomic E-state index is 1.14. The number of hydrogen-bond donors (Lipinski definition) is 0. The van der Waals surface area contributed by atoms with Crippen LogP contribution < -0.4 is 0 Å². The topological polar surface area (TPSA) is 0 Å². The Labute approximate surface area is 127 Å². The Balaban J connectivity index is 2.41. The van der Waals surface area contributed by atoms with Gasteiger partial charge in [-0.3, -0.25) is 0 Å². The lowest BCUT2D eigenvalue weighted by Gasteiger charge is -2.11. The predicted molar refractivity (Wildman–Crippen MR) is 90.6 cm³/mol. The normalized spacial score (nSPS) is 11.9. The lowest BCUT2D eigenvalue weighted by atomic mass is 9.94. The van der Waals surface area contributed by atoms with Gasteiger partial charge < -0.3 is 0 Å². The second-order valence-electron chi connectivity index (χ2n) is 4.59. The van der Waals surface area contributed by atoms with Crippen molar-refractivity contribution in [1.82, 2.24) is 0 Å². The van der Waals surface area contributed by atoms with Crippen molar-refractivity contribution in [3.05, 3.63) is 56.6 Å². The van der Waals surface area contributed by atoms with Crippen molar-refractivity contribution in [3.63, 3.8) is 0 Å². The van der Waals surface area contributed by atoms with E-state index in [4.69, 9.17) is 0 Å². The molecule has 0 heterocycles. The summed E-state index contributed by atoms with van der Waals surface area (Å²) < 4.78 is 2.43. The maximum absolute atomic E-state index is 3.59. The van der Waals surface area contributed by atoms with Gasteiger partial charge in [-0.25, -0.2) is 0 Å². The van der Waals surface area contributed by atoms with Crippen LogP contribution in [0.4, 0.5) is 0 Å². The van der Waals surface area contributed by atoms with E-state index >= 15 is 0 Å². The minimum Gasteiger partial charge on any atom is -0.0537 e. The zero-order chi connectivity index (χ0) is 12.3. The molecule has 0 spiro atoms. The van der Waals surface area contributed by atoms with Crippen LogP contribution in [0, 0.1) is 3.57 Å². The highest BCUT2D eigenvalue weighted by molar-refractivity contribution is 14.1. The average Bonchev–Trinajstić information content (AvgIpc) is 2.34. The third kappa shape index (κ3) is 1.48. The first-order valence-corrected chi connectivity index (χ1v) is 7.63. The Morgan fingerprint density at radius 2 is 1.06 bits per heavy atom. The van der Waals surface area contributed by atoms with Crippen molar-refractivity contribution < 1.29 is 0 Å². The lowest BCUT2D eigenvalue weighted by molar-refractivity contribution is 1.72. The van der Waals surface area contributed by atoms with Gasteiger partial charge in [-0.15, -0.1) is 0 Å². The molecule has 4 rings (SSSR count). The molecule has 0 amide bonds. The Morgan fingerprint density at radius 3 is 1.50 bits per heavy atom. The van der Waals surface area contributed by atoms with E-state index in [0.29, 0.717) is 0 Å². The van der Waals surface area contributed by atoms with E-state index in [0.717, 1.165) is 4.47 Å². The van der Waals surface area contributed by atoms with E-state index in [1.165, 1.54) is 35.9 Å². The van der Waals surface area contributed by atoms with Crippen LogP contribution in [0.3, 0.4) is 0 Å². The fourth-order valence-electron chi connectivity index (χ4n) is 2.76. The van der Waals surface area contributed by atoms with Crippen molar-refractivity contribution in [3.8, 4) is 0 Å². The fraction of sp³-hybridized carbons (Fsp3) is 0. The smallest absolute Gasteiger partial charge is 0.0187 e. The van der Waals surface area contributed by atoms with Crippen molar-refractivity contribution in [2.45, 2.75) is 0 Å². The standard InChI is InChI=1S/C16H8BrI/c17-13-5-9-1-3-11-7-14(18)8-12-4-2-10(6-13)15(9)16(11)12/h1-8H. The summed E-state index contributed by atoms with van der Waals surface area (Å²) in [5, 5.41) is 8.04. The third-order valence-electron chi connectivity index (χ3n) is 3.46. The highest BCUT2D eigenvalue weighted by Crippen LogP contribution is 2.36. The van der Waals surface area contributed by atoms with Crippen LogP contribution in [-0.4, -0.2) is 0 Å². The molecule has 0 fully saturated rings. The van der Waals surface area contributed by atoms with Crippen molar-refractivity contribution in [1.29, 1.82) is 0 Å².